The molecule has 0 radical (unpaired) electrons. The zero-order chi connectivity index (χ0) is 17.8. The lowest BCUT2D eigenvalue weighted by Crippen LogP contribution is -2.47. The molecule has 0 bridgehead atoms. The number of ether oxygens (including phenoxy) is 2. The van der Waals surface area contributed by atoms with E-state index in [-0.39, 0.29) is 0 Å². The molecule has 0 saturated heterocycles. The highest BCUT2D eigenvalue weighted by molar-refractivity contribution is 8.00. The highest BCUT2D eigenvalue weighted by atomic mass is 32.2. The molecule has 130 valence electrons. The summed E-state index contributed by atoms with van der Waals surface area (Å²) >= 11 is -0.415. The molecule has 22 heavy (non-hydrogen) atoms. The monoisotopic (exact) mass is 345 g/mol. The van der Waals surface area contributed by atoms with Gasteiger partial charge in [0.25, 0.3) is 0 Å². The number of rotatable bonds is 4. The first-order chi connectivity index (χ1) is 9.59. The third kappa shape index (κ3) is 11.5. The van der Waals surface area contributed by atoms with Crippen LogP contribution in [0.5, 0.6) is 0 Å². The number of carbonyl (C=O) groups is 2. The fourth-order valence-electron chi connectivity index (χ4n) is 1.17. The Morgan fingerprint density at radius 1 is 1.00 bits per heavy atom. The maximum Gasteiger partial charge on any atom is 0.441 e. The van der Waals surface area contributed by atoms with E-state index in [0.29, 0.717) is 0 Å². The zero-order valence-electron chi connectivity index (χ0n) is 13.5. The molecule has 0 spiro atoms. The predicted molar refractivity (Wildman–Crippen MR) is 77.5 cm³/mol. The van der Waals surface area contributed by atoms with Gasteiger partial charge in [-0.05, 0) is 53.3 Å². The molecule has 9 heteroatoms. The fourth-order valence-corrected chi connectivity index (χ4v) is 1.74. The summed E-state index contributed by atoms with van der Waals surface area (Å²) in [4.78, 5) is 23.5. The molecular weight excluding hydrogens is 323 g/mol. The minimum absolute atomic E-state index is 0.415. The normalized spacial score (nSPS) is 14.2. The molecule has 0 fully saturated rings. The van der Waals surface area contributed by atoms with Crippen molar-refractivity contribution >= 4 is 23.8 Å². The van der Waals surface area contributed by atoms with Gasteiger partial charge in [0, 0.05) is 5.75 Å². The summed E-state index contributed by atoms with van der Waals surface area (Å²) in [5.74, 6) is -1.65. The molecule has 1 N–H and O–H groups in total. The van der Waals surface area contributed by atoms with E-state index in [4.69, 9.17) is 9.47 Å². The van der Waals surface area contributed by atoms with Crippen LogP contribution in [0.25, 0.3) is 0 Å². The summed E-state index contributed by atoms with van der Waals surface area (Å²) in [5, 5.41) is 2.11. The van der Waals surface area contributed by atoms with E-state index in [9.17, 15) is 22.8 Å². The van der Waals surface area contributed by atoms with Crippen molar-refractivity contribution in [3.8, 4) is 0 Å². The molecule has 0 aromatic heterocycles. The van der Waals surface area contributed by atoms with E-state index in [0.717, 1.165) is 0 Å². The van der Waals surface area contributed by atoms with Crippen molar-refractivity contribution < 1.29 is 32.2 Å². The van der Waals surface area contributed by atoms with Crippen LogP contribution in [0, 0.1) is 0 Å². The molecule has 0 aromatic carbocycles. The Balaban J connectivity index is 4.86. The predicted octanol–water partition coefficient (Wildman–Crippen LogP) is 3.47. The van der Waals surface area contributed by atoms with Gasteiger partial charge < -0.3 is 14.8 Å². The van der Waals surface area contributed by atoms with Crippen molar-refractivity contribution in [3.63, 3.8) is 0 Å². The Bertz CT molecular complexity index is 400. The lowest BCUT2D eigenvalue weighted by molar-refractivity contribution is -0.156. The van der Waals surface area contributed by atoms with Gasteiger partial charge in [-0.1, -0.05) is 0 Å². The first kappa shape index (κ1) is 20.9. The van der Waals surface area contributed by atoms with Gasteiger partial charge in [0.05, 0.1) is 0 Å². The number of hydrogen-bond acceptors (Lipinski definition) is 5. The smallest absolute Gasteiger partial charge is 0.441 e. The number of nitrogens with one attached hydrogen (secondary N) is 1. The average Bonchev–Trinajstić information content (AvgIpc) is 2.17. The molecule has 1 amide bonds. The van der Waals surface area contributed by atoms with Gasteiger partial charge >= 0.3 is 17.6 Å². The highest BCUT2D eigenvalue weighted by Gasteiger charge is 2.34. The van der Waals surface area contributed by atoms with Crippen molar-refractivity contribution in [2.75, 3.05) is 5.75 Å². The number of esters is 1. The fraction of sp³-hybridized carbons (Fsp3) is 0.846. The summed E-state index contributed by atoms with van der Waals surface area (Å²) in [7, 11) is 0. The Hall–Kier alpha value is -1.12. The van der Waals surface area contributed by atoms with Crippen molar-refractivity contribution in [2.45, 2.75) is 64.3 Å². The van der Waals surface area contributed by atoms with Crippen LogP contribution in [0.2, 0.25) is 0 Å². The molecule has 1 atom stereocenters. The molecule has 0 unspecified atom stereocenters. The zero-order valence-corrected chi connectivity index (χ0v) is 14.3. The number of alkyl carbamates (subject to hydrolysis) is 1. The molecule has 0 aromatic rings. The van der Waals surface area contributed by atoms with Crippen LogP contribution in [0.4, 0.5) is 18.0 Å². The van der Waals surface area contributed by atoms with Gasteiger partial charge in [0.1, 0.15) is 17.2 Å². The topological polar surface area (TPSA) is 64.6 Å². The van der Waals surface area contributed by atoms with Gasteiger partial charge in [-0.2, -0.15) is 13.2 Å². The average molecular weight is 345 g/mol. The van der Waals surface area contributed by atoms with Crippen molar-refractivity contribution in [2.24, 2.45) is 0 Å². The number of thioether (sulfide) groups is 1. The number of hydrogen-bond donors (Lipinski definition) is 1. The van der Waals surface area contributed by atoms with Crippen LogP contribution in [0.3, 0.4) is 0 Å². The minimum atomic E-state index is -4.52. The largest absolute Gasteiger partial charge is 0.458 e. The molecule has 0 heterocycles. The third-order valence-electron chi connectivity index (χ3n) is 1.80. The molecule has 0 aliphatic rings. The second-order valence-corrected chi connectivity index (χ2v) is 7.57. The molecule has 0 aliphatic heterocycles. The summed E-state index contributed by atoms with van der Waals surface area (Å²) in [5.41, 5.74) is -6.23. The summed E-state index contributed by atoms with van der Waals surface area (Å²) in [6, 6.07) is -1.46. The summed E-state index contributed by atoms with van der Waals surface area (Å²) in [6.45, 7) is 9.52. The van der Waals surface area contributed by atoms with Gasteiger partial charge in [-0.15, -0.1) is 0 Å². The number of alkyl halides is 3. The Labute approximate surface area is 132 Å². The maximum absolute atomic E-state index is 12.3. The first-order valence-electron chi connectivity index (χ1n) is 6.52. The third-order valence-corrected chi connectivity index (χ3v) is 2.62. The molecular formula is C13H22F3NO4S. The first-order valence-corrected chi connectivity index (χ1v) is 7.51. The number of halogens is 3. The Morgan fingerprint density at radius 2 is 1.45 bits per heavy atom. The Morgan fingerprint density at radius 3 is 1.82 bits per heavy atom. The van der Waals surface area contributed by atoms with Gasteiger partial charge in [-0.3, -0.25) is 0 Å². The second-order valence-electron chi connectivity index (χ2n) is 6.49. The van der Waals surface area contributed by atoms with E-state index in [1.54, 1.807) is 41.5 Å². The Kier molecular flexibility index (Phi) is 7.05. The summed E-state index contributed by atoms with van der Waals surface area (Å²) in [6.07, 6.45) is -0.980. The maximum atomic E-state index is 12.3. The van der Waals surface area contributed by atoms with E-state index in [2.05, 4.69) is 5.32 Å². The van der Waals surface area contributed by atoms with E-state index in [1.807, 2.05) is 0 Å². The second kappa shape index (κ2) is 7.43. The van der Waals surface area contributed by atoms with Crippen molar-refractivity contribution in [1.29, 1.82) is 0 Å². The SMILES string of the molecule is CC(C)(C)OC(=O)N[C@@H](CSC(F)(F)F)C(=O)OC(C)(C)C. The van der Waals surface area contributed by atoms with Crippen LogP contribution >= 0.6 is 11.8 Å². The minimum Gasteiger partial charge on any atom is -0.458 e. The lowest BCUT2D eigenvalue weighted by Gasteiger charge is -2.26. The molecule has 0 aliphatic carbocycles. The van der Waals surface area contributed by atoms with Crippen LogP contribution < -0.4 is 5.32 Å². The number of amides is 1. The number of carbonyl (C=O) groups excluding carboxylic acids is 2. The van der Waals surface area contributed by atoms with Gasteiger partial charge in [0.15, 0.2) is 0 Å². The van der Waals surface area contributed by atoms with Crippen molar-refractivity contribution in [1.82, 2.24) is 5.32 Å². The van der Waals surface area contributed by atoms with Crippen LogP contribution in [0.15, 0.2) is 0 Å². The van der Waals surface area contributed by atoms with Crippen molar-refractivity contribution in [3.05, 3.63) is 0 Å². The van der Waals surface area contributed by atoms with Crippen LogP contribution in [-0.4, -0.2) is 40.6 Å². The van der Waals surface area contributed by atoms with Gasteiger partial charge in [0.2, 0.25) is 0 Å². The highest BCUT2D eigenvalue weighted by Crippen LogP contribution is 2.30. The van der Waals surface area contributed by atoms with Crippen LogP contribution in [-0.2, 0) is 14.3 Å². The molecule has 5 nitrogen and oxygen atoms in total. The summed E-state index contributed by atoms with van der Waals surface area (Å²) < 4.78 is 46.8. The van der Waals surface area contributed by atoms with Crippen LogP contribution in [0.1, 0.15) is 41.5 Å². The van der Waals surface area contributed by atoms with Gasteiger partial charge in [-0.25, -0.2) is 9.59 Å². The lowest BCUT2D eigenvalue weighted by atomic mass is 10.2. The molecule has 0 saturated carbocycles. The quantitative estimate of drug-likeness (QED) is 0.791. The van der Waals surface area contributed by atoms with E-state index >= 15 is 0 Å². The van der Waals surface area contributed by atoms with E-state index in [1.165, 1.54) is 0 Å². The standard InChI is InChI=1S/C13H22F3NO4S/c1-11(2,3)20-9(18)8(7-22-13(14,15)16)17-10(19)21-12(4,5)6/h8H,7H2,1-6H3,(H,17,19)/t8-/m0/s1. The molecule has 0 rings (SSSR count). The van der Waals surface area contributed by atoms with E-state index < -0.39 is 52.3 Å².